The SMILES string of the molecule is CCNC(=NCCCOCC)NCCS(=O)(=O)N1CCSCC1.I. The molecule has 0 aromatic heterocycles. The van der Waals surface area contributed by atoms with Gasteiger partial charge >= 0.3 is 0 Å². The average molecular weight is 494 g/mol. The van der Waals surface area contributed by atoms with Crippen molar-refractivity contribution in [2.45, 2.75) is 20.3 Å². The van der Waals surface area contributed by atoms with Crippen molar-refractivity contribution in [3.05, 3.63) is 0 Å². The molecule has 0 radical (unpaired) electrons. The van der Waals surface area contributed by atoms with Crippen molar-refractivity contribution in [2.24, 2.45) is 4.99 Å². The number of ether oxygens (including phenoxy) is 1. The molecule has 1 rings (SSSR count). The van der Waals surface area contributed by atoms with E-state index in [2.05, 4.69) is 15.6 Å². The van der Waals surface area contributed by atoms with Crippen molar-refractivity contribution in [3.63, 3.8) is 0 Å². The van der Waals surface area contributed by atoms with Crippen molar-refractivity contribution >= 4 is 51.7 Å². The minimum atomic E-state index is -3.17. The van der Waals surface area contributed by atoms with Gasteiger partial charge in [0.25, 0.3) is 0 Å². The van der Waals surface area contributed by atoms with Crippen molar-refractivity contribution in [2.75, 3.05) is 63.2 Å². The van der Waals surface area contributed by atoms with E-state index >= 15 is 0 Å². The zero-order valence-corrected chi connectivity index (χ0v) is 18.6. The van der Waals surface area contributed by atoms with Gasteiger partial charge in [0.15, 0.2) is 5.96 Å². The number of sulfonamides is 1. The first-order chi connectivity index (χ1) is 11.1. The van der Waals surface area contributed by atoms with Gasteiger partial charge in [-0.2, -0.15) is 11.8 Å². The number of aliphatic imine (C=N–C) groups is 1. The van der Waals surface area contributed by atoms with E-state index in [0.717, 1.165) is 31.1 Å². The van der Waals surface area contributed by atoms with Crippen LogP contribution in [0.25, 0.3) is 0 Å². The maximum atomic E-state index is 12.3. The predicted octanol–water partition coefficient (Wildman–Crippen LogP) is 0.965. The van der Waals surface area contributed by atoms with Gasteiger partial charge in [0.2, 0.25) is 10.0 Å². The van der Waals surface area contributed by atoms with E-state index in [4.69, 9.17) is 4.74 Å². The number of rotatable bonds is 10. The van der Waals surface area contributed by atoms with Crippen LogP contribution in [0.3, 0.4) is 0 Å². The molecular formula is C14H31IN4O3S2. The summed E-state index contributed by atoms with van der Waals surface area (Å²) in [5.41, 5.74) is 0. The van der Waals surface area contributed by atoms with Crippen molar-refractivity contribution in [3.8, 4) is 0 Å². The summed E-state index contributed by atoms with van der Waals surface area (Å²) in [7, 11) is -3.17. The molecule has 2 N–H and O–H groups in total. The highest BCUT2D eigenvalue weighted by Gasteiger charge is 2.23. The fraction of sp³-hybridized carbons (Fsp3) is 0.929. The second kappa shape index (κ2) is 14.4. The second-order valence-corrected chi connectivity index (χ2v) is 8.38. The summed E-state index contributed by atoms with van der Waals surface area (Å²) in [6, 6.07) is 0. The molecule has 0 atom stereocenters. The third kappa shape index (κ3) is 10.3. The fourth-order valence-corrected chi connectivity index (χ4v) is 4.59. The Labute approximate surface area is 167 Å². The lowest BCUT2D eigenvalue weighted by Crippen LogP contribution is -2.44. The molecule has 1 heterocycles. The molecule has 0 amide bonds. The van der Waals surface area contributed by atoms with Gasteiger partial charge in [-0.3, -0.25) is 4.99 Å². The lowest BCUT2D eigenvalue weighted by atomic mass is 10.4. The Morgan fingerprint density at radius 2 is 1.96 bits per heavy atom. The van der Waals surface area contributed by atoms with Crippen LogP contribution in [0, 0.1) is 0 Å². The highest BCUT2D eigenvalue weighted by Crippen LogP contribution is 2.12. The molecule has 0 aromatic carbocycles. The zero-order valence-electron chi connectivity index (χ0n) is 14.6. The summed E-state index contributed by atoms with van der Waals surface area (Å²) in [4.78, 5) is 4.42. The number of thioether (sulfide) groups is 1. The number of halogens is 1. The number of nitrogens with one attached hydrogen (secondary N) is 2. The first kappa shape index (κ1) is 24.2. The van der Waals surface area contributed by atoms with Crippen molar-refractivity contribution in [1.29, 1.82) is 0 Å². The van der Waals surface area contributed by atoms with Gasteiger partial charge in [0.1, 0.15) is 0 Å². The Morgan fingerprint density at radius 3 is 2.58 bits per heavy atom. The van der Waals surface area contributed by atoms with Crippen LogP contribution in [-0.4, -0.2) is 81.9 Å². The Balaban J connectivity index is 0.00000529. The molecule has 1 aliphatic rings. The van der Waals surface area contributed by atoms with Crippen LogP contribution >= 0.6 is 35.7 Å². The van der Waals surface area contributed by atoms with Crippen LogP contribution in [0.4, 0.5) is 0 Å². The first-order valence-corrected chi connectivity index (χ1v) is 11.0. The monoisotopic (exact) mass is 494 g/mol. The summed E-state index contributed by atoms with van der Waals surface area (Å²) in [6.07, 6.45) is 0.855. The fourth-order valence-electron chi connectivity index (χ4n) is 2.10. The van der Waals surface area contributed by atoms with Crippen LogP contribution in [0.2, 0.25) is 0 Å². The third-order valence-electron chi connectivity index (χ3n) is 3.28. The summed E-state index contributed by atoms with van der Waals surface area (Å²) in [6.45, 7) is 8.38. The first-order valence-electron chi connectivity index (χ1n) is 8.25. The second-order valence-electron chi connectivity index (χ2n) is 5.07. The van der Waals surface area contributed by atoms with E-state index in [9.17, 15) is 8.42 Å². The van der Waals surface area contributed by atoms with E-state index in [1.807, 2.05) is 13.8 Å². The Kier molecular flexibility index (Phi) is 14.5. The molecule has 0 unspecified atom stereocenters. The van der Waals surface area contributed by atoms with Crippen molar-refractivity contribution < 1.29 is 13.2 Å². The van der Waals surface area contributed by atoms with Crippen LogP contribution < -0.4 is 10.6 Å². The number of nitrogens with zero attached hydrogens (tertiary/aromatic N) is 2. The number of guanidine groups is 1. The largest absolute Gasteiger partial charge is 0.382 e. The summed E-state index contributed by atoms with van der Waals surface area (Å²) in [5, 5.41) is 6.22. The van der Waals surface area contributed by atoms with Crippen LogP contribution in [0.15, 0.2) is 4.99 Å². The molecule has 7 nitrogen and oxygen atoms in total. The van der Waals surface area contributed by atoms with E-state index in [0.29, 0.717) is 38.7 Å². The Hall–Kier alpha value is 0.220. The van der Waals surface area contributed by atoms with E-state index < -0.39 is 10.0 Å². The maximum Gasteiger partial charge on any atom is 0.215 e. The summed E-state index contributed by atoms with van der Waals surface area (Å²) < 4.78 is 31.4. The van der Waals surface area contributed by atoms with Crippen LogP contribution in [0.1, 0.15) is 20.3 Å². The lowest BCUT2D eigenvalue weighted by molar-refractivity contribution is 0.146. The molecule has 144 valence electrons. The molecule has 24 heavy (non-hydrogen) atoms. The smallest absolute Gasteiger partial charge is 0.215 e. The normalized spacial score (nSPS) is 16.5. The average Bonchev–Trinajstić information content (AvgIpc) is 2.55. The minimum Gasteiger partial charge on any atom is -0.382 e. The van der Waals surface area contributed by atoms with Gasteiger partial charge in [-0.05, 0) is 20.3 Å². The Morgan fingerprint density at radius 1 is 1.25 bits per heavy atom. The summed E-state index contributed by atoms with van der Waals surface area (Å²) >= 11 is 1.80. The van der Waals surface area contributed by atoms with Gasteiger partial charge in [-0.15, -0.1) is 24.0 Å². The molecule has 10 heteroatoms. The zero-order chi connectivity index (χ0) is 17.0. The molecule has 0 aromatic rings. The summed E-state index contributed by atoms with van der Waals surface area (Å²) in [5.74, 6) is 2.53. The maximum absolute atomic E-state index is 12.3. The van der Waals surface area contributed by atoms with Crippen LogP contribution in [-0.2, 0) is 14.8 Å². The quantitative estimate of drug-likeness (QED) is 0.204. The molecule has 1 fully saturated rings. The van der Waals surface area contributed by atoms with Gasteiger partial charge in [0.05, 0.1) is 5.75 Å². The molecule has 1 saturated heterocycles. The van der Waals surface area contributed by atoms with E-state index in [-0.39, 0.29) is 29.7 Å². The van der Waals surface area contributed by atoms with E-state index in [1.165, 1.54) is 0 Å². The Bertz CT molecular complexity index is 443. The topological polar surface area (TPSA) is 83.0 Å². The molecule has 0 aliphatic carbocycles. The molecule has 0 bridgehead atoms. The van der Waals surface area contributed by atoms with Gasteiger partial charge in [-0.25, -0.2) is 12.7 Å². The van der Waals surface area contributed by atoms with Crippen molar-refractivity contribution in [1.82, 2.24) is 14.9 Å². The number of hydrogen-bond acceptors (Lipinski definition) is 5. The minimum absolute atomic E-state index is 0. The molecule has 1 aliphatic heterocycles. The highest BCUT2D eigenvalue weighted by molar-refractivity contribution is 14.0. The molecule has 0 spiro atoms. The molecular weight excluding hydrogens is 463 g/mol. The number of hydrogen-bond donors (Lipinski definition) is 2. The lowest BCUT2D eigenvalue weighted by Gasteiger charge is -2.25. The standard InChI is InChI=1S/C14H30N4O3S2.HI/c1-3-15-14(16-6-5-10-21-4-2)17-7-13-23(19,20)18-8-11-22-12-9-18;/h3-13H2,1-2H3,(H2,15,16,17);1H. The van der Waals surface area contributed by atoms with Gasteiger partial charge < -0.3 is 15.4 Å². The van der Waals surface area contributed by atoms with Gasteiger partial charge in [0, 0.05) is 57.4 Å². The highest BCUT2D eigenvalue weighted by atomic mass is 127. The van der Waals surface area contributed by atoms with E-state index in [1.54, 1.807) is 16.1 Å². The third-order valence-corrected chi connectivity index (χ3v) is 6.10. The predicted molar refractivity (Wildman–Crippen MR) is 113 cm³/mol. The van der Waals surface area contributed by atoms with Gasteiger partial charge in [-0.1, -0.05) is 0 Å². The van der Waals surface area contributed by atoms with Crippen LogP contribution in [0.5, 0.6) is 0 Å². The molecule has 0 saturated carbocycles.